The van der Waals surface area contributed by atoms with Gasteiger partial charge >= 0.3 is 0 Å². The highest BCUT2D eigenvalue weighted by Gasteiger charge is 2.05. The molecule has 1 aromatic rings. The molecular formula is C9H12Cl3NO. The average Bonchev–Trinajstić information content (AvgIpc) is 2.09. The molecule has 0 radical (unpaired) electrons. The predicted molar refractivity (Wildman–Crippen MR) is 62.9 cm³/mol. The minimum absolute atomic E-state index is 0. The smallest absolute Gasteiger partial charge is 0.138 e. The van der Waals surface area contributed by atoms with Crippen molar-refractivity contribution in [3.8, 4) is 5.75 Å². The first kappa shape index (κ1) is 13.8. The molecule has 14 heavy (non-hydrogen) atoms. The fourth-order valence-corrected chi connectivity index (χ4v) is 1.29. The molecule has 0 aliphatic carbocycles. The van der Waals surface area contributed by atoms with Crippen LogP contribution in [0, 0.1) is 0 Å². The van der Waals surface area contributed by atoms with Crippen molar-refractivity contribution in [1.82, 2.24) is 0 Å². The third-order valence-corrected chi connectivity index (χ3v) is 2.08. The fourth-order valence-electron chi connectivity index (χ4n) is 0.836. The van der Waals surface area contributed by atoms with E-state index in [0.29, 0.717) is 22.3 Å². The van der Waals surface area contributed by atoms with Crippen LogP contribution in [0.4, 0.5) is 0 Å². The van der Waals surface area contributed by atoms with Crippen LogP contribution in [0.3, 0.4) is 0 Å². The Bertz CT molecular complexity index is 293. The lowest BCUT2D eigenvalue weighted by atomic mass is 10.3. The van der Waals surface area contributed by atoms with Crippen molar-refractivity contribution >= 4 is 35.6 Å². The van der Waals surface area contributed by atoms with E-state index in [4.69, 9.17) is 33.7 Å². The highest BCUT2D eigenvalue weighted by Crippen LogP contribution is 2.27. The molecule has 0 saturated carbocycles. The fraction of sp³-hybridized carbons (Fsp3) is 0.333. The maximum Gasteiger partial charge on any atom is 0.138 e. The van der Waals surface area contributed by atoms with Gasteiger partial charge in [-0.1, -0.05) is 23.2 Å². The van der Waals surface area contributed by atoms with Gasteiger partial charge in [-0.25, -0.2) is 0 Å². The Hall–Kier alpha value is -0.150. The molecule has 0 aromatic heterocycles. The van der Waals surface area contributed by atoms with Gasteiger partial charge in [0, 0.05) is 11.6 Å². The maximum atomic E-state index is 5.88. The van der Waals surface area contributed by atoms with Crippen LogP contribution in [0.15, 0.2) is 18.2 Å². The van der Waals surface area contributed by atoms with E-state index in [9.17, 15) is 0 Å². The van der Waals surface area contributed by atoms with Crippen LogP contribution >= 0.6 is 35.6 Å². The second-order valence-electron chi connectivity index (χ2n) is 2.74. The number of benzene rings is 1. The van der Waals surface area contributed by atoms with Crippen molar-refractivity contribution in [2.75, 3.05) is 6.54 Å². The molecule has 2 N–H and O–H groups in total. The summed E-state index contributed by atoms with van der Waals surface area (Å²) in [7, 11) is 0. The Balaban J connectivity index is 0.00000169. The molecule has 1 rings (SSSR count). The zero-order valence-corrected chi connectivity index (χ0v) is 9.99. The molecule has 1 aromatic carbocycles. The molecule has 0 amide bonds. The Labute approximate surface area is 99.7 Å². The molecular weight excluding hydrogens is 244 g/mol. The van der Waals surface area contributed by atoms with E-state index in [1.54, 1.807) is 18.2 Å². The SMILES string of the molecule is CC(CN)Oc1ccc(Cl)cc1Cl.Cl. The molecule has 1 atom stereocenters. The van der Waals surface area contributed by atoms with E-state index in [-0.39, 0.29) is 18.5 Å². The van der Waals surface area contributed by atoms with Gasteiger partial charge in [0.25, 0.3) is 0 Å². The summed E-state index contributed by atoms with van der Waals surface area (Å²) in [5.41, 5.74) is 5.41. The van der Waals surface area contributed by atoms with Crippen LogP contribution in [-0.2, 0) is 0 Å². The topological polar surface area (TPSA) is 35.2 Å². The summed E-state index contributed by atoms with van der Waals surface area (Å²) in [4.78, 5) is 0. The van der Waals surface area contributed by atoms with Crippen molar-refractivity contribution in [3.05, 3.63) is 28.2 Å². The molecule has 0 aliphatic heterocycles. The summed E-state index contributed by atoms with van der Waals surface area (Å²) in [6.45, 7) is 2.34. The molecule has 0 heterocycles. The van der Waals surface area contributed by atoms with Crippen molar-refractivity contribution in [2.24, 2.45) is 5.73 Å². The van der Waals surface area contributed by atoms with Gasteiger partial charge in [-0.2, -0.15) is 0 Å². The average molecular weight is 257 g/mol. The molecule has 1 unspecified atom stereocenters. The summed E-state index contributed by atoms with van der Waals surface area (Å²) in [5.74, 6) is 0.615. The maximum absolute atomic E-state index is 5.88. The third kappa shape index (κ3) is 3.93. The Morgan fingerprint density at radius 2 is 2.07 bits per heavy atom. The molecule has 0 fully saturated rings. The van der Waals surface area contributed by atoms with Crippen molar-refractivity contribution in [1.29, 1.82) is 0 Å². The number of nitrogens with two attached hydrogens (primary N) is 1. The summed E-state index contributed by atoms with van der Waals surface area (Å²) in [5, 5.41) is 1.10. The van der Waals surface area contributed by atoms with E-state index < -0.39 is 0 Å². The number of halogens is 3. The van der Waals surface area contributed by atoms with Gasteiger partial charge in [-0.05, 0) is 25.1 Å². The van der Waals surface area contributed by atoms with Gasteiger partial charge in [0.2, 0.25) is 0 Å². The first-order valence-electron chi connectivity index (χ1n) is 3.95. The zero-order valence-electron chi connectivity index (χ0n) is 7.67. The third-order valence-electron chi connectivity index (χ3n) is 1.55. The minimum atomic E-state index is -0.0429. The van der Waals surface area contributed by atoms with E-state index in [1.165, 1.54) is 0 Å². The Kier molecular flexibility index (Phi) is 6.29. The lowest BCUT2D eigenvalue weighted by molar-refractivity contribution is 0.230. The summed E-state index contributed by atoms with van der Waals surface area (Å²) >= 11 is 11.6. The Morgan fingerprint density at radius 1 is 1.43 bits per heavy atom. The molecule has 5 heteroatoms. The number of hydrogen-bond acceptors (Lipinski definition) is 2. The van der Waals surface area contributed by atoms with Gasteiger partial charge in [-0.15, -0.1) is 12.4 Å². The van der Waals surface area contributed by atoms with Gasteiger partial charge in [0.15, 0.2) is 0 Å². The molecule has 0 bridgehead atoms. The van der Waals surface area contributed by atoms with E-state index in [1.807, 2.05) is 6.92 Å². The summed E-state index contributed by atoms with van der Waals surface area (Å²) in [6.07, 6.45) is -0.0429. The van der Waals surface area contributed by atoms with Crippen molar-refractivity contribution in [2.45, 2.75) is 13.0 Å². The second kappa shape index (κ2) is 6.36. The summed E-state index contributed by atoms with van der Waals surface area (Å²) in [6, 6.07) is 5.10. The number of ether oxygens (including phenoxy) is 1. The van der Waals surface area contributed by atoms with Crippen molar-refractivity contribution in [3.63, 3.8) is 0 Å². The van der Waals surface area contributed by atoms with Gasteiger partial charge < -0.3 is 10.5 Å². The molecule has 80 valence electrons. The van der Waals surface area contributed by atoms with Gasteiger partial charge in [0.1, 0.15) is 11.9 Å². The van der Waals surface area contributed by atoms with E-state index >= 15 is 0 Å². The van der Waals surface area contributed by atoms with Gasteiger partial charge in [-0.3, -0.25) is 0 Å². The summed E-state index contributed by atoms with van der Waals surface area (Å²) < 4.78 is 5.43. The monoisotopic (exact) mass is 255 g/mol. The van der Waals surface area contributed by atoms with Crippen LogP contribution in [0.1, 0.15) is 6.92 Å². The largest absolute Gasteiger partial charge is 0.488 e. The minimum Gasteiger partial charge on any atom is -0.488 e. The lowest BCUT2D eigenvalue weighted by Crippen LogP contribution is -2.22. The number of hydrogen-bond donors (Lipinski definition) is 1. The number of rotatable bonds is 3. The highest BCUT2D eigenvalue weighted by atomic mass is 35.5. The Morgan fingerprint density at radius 3 is 2.57 bits per heavy atom. The van der Waals surface area contributed by atoms with E-state index in [2.05, 4.69) is 0 Å². The lowest BCUT2D eigenvalue weighted by Gasteiger charge is -2.13. The van der Waals surface area contributed by atoms with Gasteiger partial charge in [0.05, 0.1) is 5.02 Å². The zero-order chi connectivity index (χ0) is 9.84. The van der Waals surface area contributed by atoms with Crippen LogP contribution in [0.5, 0.6) is 5.75 Å². The first-order valence-corrected chi connectivity index (χ1v) is 4.71. The van der Waals surface area contributed by atoms with E-state index in [0.717, 1.165) is 0 Å². The first-order chi connectivity index (χ1) is 6.13. The predicted octanol–water partition coefficient (Wildman–Crippen LogP) is 3.14. The molecule has 2 nitrogen and oxygen atoms in total. The standard InChI is InChI=1S/C9H11Cl2NO.ClH/c1-6(5-12)13-9-3-2-7(10)4-8(9)11;/h2-4,6H,5,12H2,1H3;1H. The van der Waals surface area contributed by atoms with Crippen LogP contribution in [0.25, 0.3) is 0 Å². The van der Waals surface area contributed by atoms with Crippen LogP contribution in [-0.4, -0.2) is 12.6 Å². The molecule has 0 spiro atoms. The normalized spacial score (nSPS) is 11.7. The van der Waals surface area contributed by atoms with Crippen molar-refractivity contribution < 1.29 is 4.74 Å². The van der Waals surface area contributed by atoms with Crippen LogP contribution in [0.2, 0.25) is 10.0 Å². The molecule has 0 saturated heterocycles. The molecule has 0 aliphatic rings. The van der Waals surface area contributed by atoms with Crippen LogP contribution < -0.4 is 10.5 Å². The quantitative estimate of drug-likeness (QED) is 0.902. The second-order valence-corrected chi connectivity index (χ2v) is 3.58. The highest BCUT2D eigenvalue weighted by molar-refractivity contribution is 6.35.